The van der Waals surface area contributed by atoms with Crippen molar-refractivity contribution in [2.45, 2.75) is 26.4 Å². The van der Waals surface area contributed by atoms with E-state index in [0.29, 0.717) is 32.1 Å². The first-order valence-corrected chi connectivity index (χ1v) is 10.00. The van der Waals surface area contributed by atoms with Crippen LogP contribution in [0.1, 0.15) is 32.7 Å². The maximum atomic E-state index is 12.6. The van der Waals surface area contributed by atoms with E-state index in [1.165, 1.54) is 0 Å². The number of nitrogens with zero attached hydrogens (tertiary/aromatic N) is 2. The second-order valence-corrected chi connectivity index (χ2v) is 7.45. The van der Waals surface area contributed by atoms with Crippen LogP contribution >= 0.6 is 11.3 Å². The molecule has 0 saturated heterocycles. The monoisotopic (exact) mass is 427 g/mol. The molecule has 158 valence electrons. The van der Waals surface area contributed by atoms with Crippen molar-refractivity contribution in [1.82, 2.24) is 20.9 Å². The lowest BCUT2D eigenvalue weighted by Crippen LogP contribution is -2.41. The van der Waals surface area contributed by atoms with Gasteiger partial charge in [0.25, 0.3) is 5.91 Å². The Hall–Kier alpha value is -2.62. The van der Waals surface area contributed by atoms with Crippen LogP contribution in [-0.4, -0.2) is 43.0 Å². The van der Waals surface area contributed by atoms with E-state index in [1.807, 2.05) is 20.0 Å². The standard InChI is InChI=1S/C19H24F3N5OS/c1-3-23-18(25-9-8-16-27-12-13(2)29-16)26-11-10-24-17(28)14-4-6-15(7-5-14)19(20,21)22/h4-7,12H,3,8-11H2,1-2H3,(H,24,28)(H2,23,25,26). The molecule has 0 unspecified atom stereocenters. The van der Waals surface area contributed by atoms with Crippen LogP contribution in [0.4, 0.5) is 13.2 Å². The van der Waals surface area contributed by atoms with Crippen LogP contribution in [0.25, 0.3) is 0 Å². The van der Waals surface area contributed by atoms with E-state index in [0.717, 1.165) is 40.6 Å². The number of aromatic nitrogens is 1. The van der Waals surface area contributed by atoms with E-state index in [1.54, 1.807) is 11.3 Å². The number of carbonyl (C=O) groups is 1. The fourth-order valence-corrected chi connectivity index (χ4v) is 3.17. The molecule has 2 rings (SSSR count). The number of alkyl halides is 3. The third-order valence-electron chi connectivity index (χ3n) is 3.79. The van der Waals surface area contributed by atoms with Crippen LogP contribution in [0.3, 0.4) is 0 Å². The minimum absolute atomic E-state index is 0.178. The lowest BCUT2D eigenvalue weighted by molar-refractivity contribution is -0.137. The third kappa shape index (κ3) is 7.72. The van der Waals surface area contributed by atoms with Crippen molar-refractivity contribution < 1.29 is 18.0 Å². The zero-order valence-electron chi connectivity index (χ0n) is 16.3. The normalized spacial score (nSPS) is 12.0. The number of rotatable bonds is 8. The number of carbonyl (C=O) groups excluding carboxylic acids is 1. The highest BCUT2D eigenvalue weighted by Gasteiger charge is 2.30. The molecule has 1 amide bonds. The van der Waals surface area contributed by atoms with Crippen molar-refractivity contribution in [3.63, 3.8) is 0 Å². The summed E-state index contributed by atoms with van der Waals surface area (Å²) in [7, 11) is 0. The number of halogens is 3. The molecule has 1 aromatic heterocycles. The fraction of sp³-hybridized carbons (Fsp3) is 0.421. The molecule has 29 heavy (non-hydrogen) atoms. The van der Waals surface area contributed by atoms with Crippen molar-refractivity contribution in [2.24, 2.45) is 4.99 Å². The minimum atomic E-state index is -4.42. The highest BCUT2D eigenvalue weighted by atomic mass is 32.1. The van der Waals surface area contributed by atoms with Crippen molar-refractivity contribution in [3.05, 3.63) is 51.5 Å². The van der Waals surface area contributed by atoms with Crippen LogP contribution in [0.5, 0.6) is 0 Å². The van der Waals surface area contributed by atoms with Crippen molar-refractivity contribution in [3.8, 4) is 0 Å². The molecule has 1 heterocycles. The van der Waals surface area contributed by atoms with Gasteiger partial charge in [0, 0.05) is 49.2 Å². The molecule has 2 aromatic rings. The predicted octanol–water partition coefficient (Wildman–Crippen LogP) is 3.00. The highest BCUT2D eigenvalue weighted by molar-refractivity contribution is 7.11. The van der Waals surface area contributed by atoms with E-state index in [-0.39, 0.29) is 5.56 Å². The number of benzene rings is 1. The summed E-state index contributed by atoms with van der Waals surface area (Å²) in [5, 5.41) is 9.92. The summed E-state index contributed by atoms with van der Waals surface area (Å²) in [6.07, 6.45) is -1.83. The summed E-state index contributed by atoms with van der Waals surface area (Å²) in [6, 6.07) is 4.12. The Balaban J connectivity index is 1.75. The van der Waals surface area contributed by atoms with Crippen LogP contribution in [0.15, 0.2) is 35.5 Å². The fourth-order valence-electron chi connectivity index (χ4n) is 2.39. The molecule has 0 aliphatic carbocycles. The number of aliphatic imine (C=N–C) groups is 1. The van der Waals surface area contributed by atoms with Gasteiger partial charge in [-0.25, -0.2) is 4.98 Å². The molecular formula is C19H24F3N5OS. The summed E-state index contributed by atoms with van der Waals surface area (Å²) in [4.78, 5) is 22.0. The number of amides is 1. The van der Waals surface area contributed by atoms with Gasteiger partial charge < -0.3 is 16.0 Å². The Labute approximate surface area is 171 Å². The van der Waals surface area contributed by atoms with Gasteiger partial charge in [0.1, 0.15) is 0 Å². The van der Waals surface area contributed by atoms with Crippen LogP contribution in [0, 0.1) is 6.92 Å². The van der Waals surface area contributed by atoms with Gasteiger partial charge in [-0.15, -0.1) is 11.3 Å². The average Bonchev–Trinajstić information content (AvgIpc) is 3.09. The molecule has 1 aromatic carbocycles. The van der Waals surface area contributed by atoms with Gasteiger partial charge in [0.15, 0.2) is 5.96 Å². The molecule has 6 nitrogen and oxygen atoms in total. The topological polar surface area (TPSA) is 78.4 Å². The Morgan fingerprint density at radius 1 is 1.14 bits per heavy atom. The summed E-state index contributed by atoms with van der Waals surface area (Å²) in [6.45, 7) is 5.97. The maximum absolute atomic E-state index is 12.6. The van der Waals surface area contributed by atoms with Gasteiger partial charge in [-0.1, -0.05) is 0 Å². The van der Waals surface area contributed by atoms with E-state index >= 15 is 0 Å². The van der Waals surface area contributed by atoms with Crippen LogP contribution < -0.4 is 16.0 Å². The first-order valence-electron chi connectivity index (χ1n) is 9.18. The molecule has 0 spiro atoms. The van der Waals surface area contributed by atoms with Crippen molar-refractivity contribution in [2.75, 3.05) is 26.2 Å². The van der Waals surface area contributed by atoms with Gasteiger partial charge in [0.05, 0.1) is 10.6 Å². The van der Waals surface area contributed by atoms with Gasteiger partial charge in [-0.2, -0.15) is 13.2 Å². The summed E-state index contributed by atoms with van der Waals surface area (Å²) < 4.78 is 37.7. The van der Waals surface area contributed by atoms with Crippen molar-refractivity contribution in [1.29, 1.82) is 0 Å². The molecule has 0 atom stereocenters. The van der Waals surface area contributed by atoms with E-state index < -0.39 is 17.6 Å². The second-order valence-electron chi connectivity index (χ2n) is 6.13. The Morgan fingerprint density at radius 3 is 2.41 bits per heavy atom. The van der Waals surface area contributed by atoms with Gasteiger partial charge >= 0.3 is 6.18 Å². The van der Waals surface area contributed by atoms with E-state index in [9.17, 15) is 18.0 Å². The molecule has 0 aliphatic rings. The highest BCUT2D eigenvalue weighted by Crippen LogP contribution is 2.29. The number of hydrogen-bond donors (Lipinski definition) is 3. The Bertz CT molecular complexity index is 818. The lowest BCUT2D eigenvalue weighted by atomic mass is 10.1. The first-order chi connectivity index (χ1) is 13.8. The van der Waals surface area contributed by atoms with Crippen molar-refractivity contribution >= 4 is 23.2 Å². The smallest absolute Gasteiger partial charge is 0.357 e. The quantitative estimate of drug-likeness (QED) is 0.344. The maximum Gasteiger partial charge on any atom is 0.416 e. The molecular weight excluding hydrogens is 403 g/mol. The number of guanidine groups is 1. The largest absolute Gasteiger partial charge is 0.416 e. The molecule has 10 heteroatoms. The summed E-state index contributed by atoms with van der Waals surface area (Å²) in [5.74, 6) is 0.200. The molecule has 0 saturated carbocycles. The molecule has 0 fully saturated rings. The molecule has 3 N–H and O–H groups in total. The number of thiazole rings is 1. The van der Waals surface area contributed by atoms with Gasteiger partial charge in [-0.3, -0.25) is 9.79 Å². The number of aryl methyl sites for hydroxylation is 1. The predicted molar refractivity (Wildman–Crippen MR) is 108 cm³/mol. The molecule has 0 aliphatic heterocycles. The first kappa shape index (κ1) is 22.7. The molecule has 0 radical (unpaired) electrons. The Morgan fingerprint density at radius 2 is 1.83 bits per heavy atom. The minimum Gasteiger partial charge on any atom is -0.357 e. The second kappa shape index (κ2) is 10.8. The SMILES string of the molecule is CCNC(=NCCc1ncc(C)s1)NCCNC(=O)c1ccc(C(F)(F)F)cc1. The van der Waals surface area contributed by atoms with Gasteiger partial charge in [0.2, 0.25) is 0 Å². The van der Waals surface area contributed by atoms with Gasteiger partial charge in [-0.05, 0) is 38.1 Å². The number of nitrogens with one attached hydrogen (secondary N) is 3. The zero-order chi connectivity index (χ0) is 21.3. The molecule has 0 bridgehead atoms. The zero-order valence-corrected chi connectivity index (χ0v) is 17.1. The van der Waals surface area contributed by atoms with E-state index in [2.05, 4.69) is 25.9 Å². The Kier molecular flexibility index (Phi) is 8.44. The summed E-state index contributed by atoms with van der Waals surface area (Å²) >= 11 is 1.65. The number of hydrogen-bond acceptors (Lipinski definition) is 4. The summed E-state index contributed by atoms with van der Waals surface area (Å²) in [5.41, 5.74) is -0.604. The van der Waals surface area contributed by atoms with Crippen LogP contribution in [0.2, 0.25) is 0 Å². The van der Waals surface area contributed by atoms with E-state index in [4.69, 9.17) is 0 Å². The van der Waals surface area contributed by atoms with Crippen LogP contribution in [-0.2, 0) is 12.6 Å². The average molecular weight is 427 g/mol. The third-order valence-corrected chi connectivity index (χ3v) is 4.76. The lowest BCUT2D eigenvalue weighted by Gasteiger charge is -2.12.